The lowest BCUT2D eigenvalue weighted by Gasteiger charge is -2.08. The van der Waals surface area contributed by atoms with Crippen LogP contribution in [0.4, 0.5) is 0 Å². The number of ether oxygens (including phenoxy) is 1. The highest BCUT2D eigenvalue weighted by atomic mass is 16.5. The average Bonchev–Trinajstić information content (AvgIpc) is 2.74. The molecule has 0 saturated heterocycles. The fourth-order valence-corrected chi connectivity index (χ4v) is 3.10. The molecule has 6 nitrogen and oxygen atoms in total. The highest BCUT2D eigenvalue weighted by Crippen LogP contribution is 2.18. The number of esters is 1. The standard InChI is InChI=1S/C24H19N3O3/c1-16-8-7-10-18(14-16)24(29)30-22-13-6-3-9-19(22)15-25-27-17(2)26-21-12-5-4-11-20(21)23(27)28/h3-15H,1-2H3. The minimum absolute atomic E-state index is 0.261. The molecule has 0 spiro atoms. The van der Waals surface area contributed by atoms with Crippen LogP contribution in [0.1, 0.15) is 27.3 Å². The van der Waals surface area contributed by atoms with Crippen molar-refractivity contribution >= 4 is 23.1 Å². The normalized spacial score (nSPS) is 11.1. The van der Waals surface area contributed by atoms with Gasteiger partial charge in [0.1, 0.15) is 11.6 Å². The molecule has 0 aliphatic rings. The maximum absolute atomic E-state index is 12.8. The van der Waals surface area contributed by atoms with Gasteiger partial charge < -0.3 is 4.74 Å². The number of carbonyl (C=O) groups excluding carboxylic acids is 1. The van der Waals surface area contributed by atoms with Gasteiger partial charge in [0.05, 0.1) is 22.7 Å². The molecule has 0 N–H and O–H groups in total. The van der Waals surface area contributed by atoms with E-state index in [2.05, 4.69) is 10.1 Å². The average molecular weight is 397 g/mol. The first-order valence-corrected chi connectivity index (χ1v) is 9.43. The van der Waals surface area contributed by atoms with Crippen LogP contribution >= 0.6 is 0 Å². The molecule has 1 aromatic heterocycles. The van der Waals surface area contributed by atoms with Gasteiger partial charge >= 0.3 is 5.97 Å². The Morgan fingerprint density at radius 3 is 2.60 bits per heavy atom. The number of fused-ring (bicyclic) bond motifs is 1. The summed E-state index contributed by atoms with van der Waals surface area (Å²) >= 11 is 0. The number of para-hydroxylation sites is 2. The van der Waals surface area contributed by atoms with Crippen molar-refractivity contribution in [2.75, 3.05) is 0 Å². The molecule has 0 atom stereocenters. The molecule has 4 rings (SSSR count). The van der Waals surface area contributed by atoms with Crippen LogP contribution in [-0.2, 0) is 0 Å². The van der Waals surface area contributed by atoms with Gasteiger partial charge in [-0.05, 0) is 50.2 Å². The zero-order chi connectivity index (χ0) is 21.1. The fourth-order valence-electron chi connectivity index (χ4n) is 3.10. The second-order valence-electron chi connectivity index (χ2n) is 6.83. The first-order chi connectivity index (χ1) is 14.5. The second-order valence-corrected chi connectivity index (χ2v) is 6.83. The molecule has 0 aliphatic carbocycles. The topological polar surface area (TPSA) is 73.5 Å². The third-order valence-corrected chi connectivity index (χ3v) is 4.60. The van der Waals surface area contributed by atoms with Crippen molar-refractivity contribution in [3.63, 3.8) is 0 Å². The van der Waals surface area contributed by atoms with Gasteiger partial charge in [-0.3, -0.25) is 4.79 Å². The predicted molar refractivity (Wildman–Crippen MR) is 116 cm³/mol. The van der Waals surface area contributed by atoms with Crippen LogP contribution in [0.15, 0.2) is 82.7 Å². The van der Waals surface area contributed by atoms with Gasteiger partial charge in [0.25, 0.3) is 5.56 Å². The van der Waals surface area contributed by atoms with E-state index in [1.807, 2.05) is 19.1 Å². The van der Waals surface area contributed by atoms with E-state index in [4.69, 9.17) is 4.74 Å². The van der Waals surface area contributed by atoms with Crippen LogP contribution in [0, 0.1) is 13.8 Å². The number of hydrogen-bond acceptors (Lipinski definition) is 5. The number of aryl methyl sites for hydroxylation is 2. The van der Waals surface area contributed by atoms with E-state index in [9.17, 15) is 9.59 Å². The molecule has 6 heteroatoms. The summed E-state index contributed by atoms with van der Waals surface area (Å²) in [7, 11) is 0. The van der Waals surface area contributed by atoms with Crippen molar-refractivity contribution in [3.8, 4) is 5.75 Å². The molecule has 0 fully saturated rings. The number of nitrogens with zero attached hydrogens (tertiary/aromatic N) is 3. The molecule has 0 radical (unpaired) electrons. The second kappa shape index (κ2) is 8.13. The van der Waals surface area contributed by atoms with Crippen LogP contribution in [0.25, 0.3) is 10.9 Å². The smallest absolute Gasteiger partial charge is 0.343 e. The number of hydrogen-bond donors (Lipinski definition) is 0. The maximum Gasteiger partial charge on any atom is 0.343 e. The number of aromatic nitrogens is 2. The van der Waals surface area contributed by atoms with Gasteiger partial charge in [0.15, 0.2) is 0 Å². The summed E-state index contributed by atoms with van der Waals surface area (Å²) in [4.78, 5) is 29.7. The van der Waals surface area contributed by atoms with Crippen LogP contribution in [0.3, 0.4) is 0 Å². The van der Waals surface area contributed by atoms with E-state index in [0.29, 0.717) is 33.6 Å². The van der Waals surface area contributed by atoms with Gasteiger partial charge in [-0.1, -0.05) is 42.0 Å². The number of benzene rings is 3. The van der Waals surface area contributed by atoms with Crippen LogP contribution in [-0.4, -0.2) is 21.8 Å². The summed E-state index contributed by atoms with van der Waals surface area (Å²) in [6, 6.07) is 21.3. The van der Waals surface area contributed by atoms with Gasteiger partial charge in [0, 0.05) is 5.56 Å². The lowest BCUT2D eigenvalue weighted by atomic mass is 10.1. The van der Waals surface area contributed by atoms with E-state index in [1.165, 1.54) is 10.9 Å². The lowest BCUT2D eigenvalue weighted by molar-refractivity contribution is 0.0734. The van der Waals surface area contributed by atoms with E-state index in [1.54, 1.807) is 67.6 Å². The molecule has 0 bridgehead atoms. The minimum Gasteiger partial charge on any atom is -0.422 e. The maximum atomic E-state index is 12.8. The largest absolute Gasteiger partial charge is 0.422 e. The van der Waals surface area contributed by atoms with E-state index in [0.717, 1.165) is 5.56 Å². The summed E-state index contributed by atoms with van der Waals surface area (Å²) in [5.41, 5.74) is 2.37. The Kier molecular flexibility index (Phi) is 5.22. The van der Waals surface area contributed by atoms with Gasteiger partial charge in [-0.25, -0.2) is 9.78 Å². The summed E-state index contributed by atoms with van der Waals surface area (Å²) in [6.45, 7) is 3.63. The van der Waals surface area contributed by atoms with Crippen molar-refractivity contribution in [3.05, 3.63) is 106 Å². The third-order valence-electron chi connectivity index (χ3n) is 4.60. The Morgan fingerprint density at radius 1 is 1.00 bits per heavy atom. The highest BCUT2D eigenvalue weighted by Gasteiger charge is 2.11. The molecule has 4 aromatic rings. The zero-order valence-corrected chi connectivity index (χ0v) is 16.6. The Morgan fingerprint density at radius 2 is 1.77 bits per heavy atom. The van der Waals surface area contributed by atoms with E-state index in [-0.39, 0.29) is 5.56 Å². The van der Waals surface area contributed by atoms with E-state index < -0.39 is 5.97 Å². The molecule has 3 aromatic carbocycles. The molecular weight excluding hydrogens is 378 g/mol. The van der Waals surface area contributed by atoms with Gasteiger partial charge in [0.2, 0.25) is 0 Å². The molecule has 0 unspecified atom stereocenters. The molecular formula is C24H19N3O3. The summed E-state index contributed by atoms with van der Waals surface area (Å²) in [5.74, 6) is 0.358. The zero-order valence-electron chi connectivity index (χ0n) is 16.6. The summed E-state index contributed by atoms with van der Waals surface area (Å²) < 4.78 is 6.81. The molecule has 0 saturated carbocycles. The highest BCUT2D eigenvalue weighted by molar-refractivity contribution is 5.93. The van der Waals surface area contributed by atoms with Gasteiger partial charge in [-0.15, -0.1) is 0 Å². The Balaban J connectivity index is 1.67. The minimum atomic E-state index is -0.458. The Labute approximate surface area is 173 Å². The third kappa shape index (κ3) is 3.89. The molecule has 0 aliphatic heterocycles. The van der Waals surface area contributed by atoms with Crippen molar-refractivity contribution in [2.45, 2.75) is 13.8 Å². The Hall–Kier alpha value is -4.06. The van der Waals surface area contributed by atoms with Crippen molar-refractivity contribution < 1.29 is 9.53 Å². The molecule has 30 heavy (non-hydrogen) atoms. The summed E-state index contributed by atoms with van der Waals surface area (Å²) in [6.07, 6.45) is 1.49. The van der Waals surface area contributed by atoms with Crippen molar-refractivity contribution in [1.82, 2.24) is 9.66 Å². The lowest BCUT2D eigenvalue weighted by Crippen LogP contribution is -2.20. The molecule has 148 valence electrons. The fraction of sp³-hybridized carbons (Fsp3) is 0.0833. The summed E-state index contributed by atoms with van der Waals surface area (Å²) in [5, 5.41) is 4.79. The van der Waals surface area contributed by atoms with Crippen molar-refractivity contribution in [1.29, 1.82) is 0 Å². The van der Waals surface area contributed by atoms with Gasteiger partial charge in [-0.2, -0.15) is 9.78 Å². The molecule has 0 amide bonds. The number of carbonyl (C=O) groups is 1. The van der Waals surface area contributed by atoms with Crippen LogP contribution in [0.2, 0.25) is 0 Å². The Bertz CT molecular complexity index is 1340. The van der Waals surface area contributed by atoms with Crippen molar-refractivity contribution in [2.24, 2.45) is 5.10 Å². The first kappa shape index (κ1) is 19.3. The SMILES string of the molecule is Cc1cccc(C(=O)Oc2ccccc2C=Nn2c(C)nc3ccccc3c2=O)c1. The molecule has 1 heterocycles. The quantitative estimate of drug-likeness (QED) is 0.295. The number of rotatable bonds is 4. The van der Waals surface area contributed by atoms with Crippen LogP contribution < -0.4 is 10.3 Å². The van der Waals surface area contributed by atoms with E-state index >= 15 is 0 Å². The monoisotopic (exact) mass is 397 g/mol. The first-order valence-electron chi connectivity index (χ1n) is 9.43. The van der Waals surface area contributed by atoms with Crippen LogP contribution in [0.5, 0.6) is 5.75 Å². The predicted octanol–water partition coefficient (Wildman–Crippen LogP) is 4.11.